The highest BCUT2D eigenvalue weighted by Gasteiger charge is 2.29. The van der Waals surface area contributed by atoms with E-state index in [2.05, 4.69) is 0 Å². The zero-order valence-corrected chi connectivity index (χ0v) is 8.98. The first-order chi connectivity index (χ1) is 7.56. The van der Waals surface area contributed by atoms with Gasteiger partial charge in [0, 0.05) is 12.6 Å². The molecular formula is C11H11NO4. The second-order valence-corrected chi connectivity index (χ2v) is 3.58. The molecule has 0 spiro atoms. The summed E-state index contributed by atoms with van der Waals surface area (Å²) in [5.74, 6) is -0.833. The van der Waals surface area contributed by atoms with Gasteiger partial charge in [-0.25, -0.2) is 4.79 Å². The Morgan fingerprint density at radius 2 is 2.19 bits per heavy atom. The Kier molecular flexibility index (Phi) is 2.30. The van der Waals surface area contributed by atoms with Gasteiger partial charge in [0.15, 0.2) is 0 Å². The molecule has 16 heavy (non-hydrogen) atoms. The van der Waals surface area contributed by atoms with Crippen molar-refractivity contribution in [3.63, 3.8) is 0 Å². The number of carboxylic acid groups (broad SMARTS) is 1. The maximum Gasteiger partial charge on any atom is 0.339 e. The van der Waals surface area contributed by atoms with Crippen molar-refractivity contribution in [1.29, 1.82) is 0 Å². The SMILES string of the molecule is COc1c(C(=O)O)ccc2c1CC(=O)N2C. The Labute approximate surface area is 92.2 Å². The number of fused-ring (bicyclic) bond motifs is 1. The molecule has 1 heterocycles. The predicted molar refractivity (Wildman–Crippen MR) is 57.1 cm³/mol. The number of carboxylic acids is 1. The molecule has 1 amide bonds. The fourth-order valence-corrected chi connectivity index (χ4v) is 1.91. The first-order valence-electron chi connectivity index (χ1n) is 4.76. The third-order valence-corrected chi connectivity index (χ3v) is 2.73. The highest BCUT2D eigenvalue weighted by atomic mass is 16.5. The monoisotopic (exact) mass is 221 g/mol. The van der Waals surface area contributed by atoms with Gasteiger partial charge in [-0.1, -0.05) is 0 Å². The highest BCUT2D eigenvalue weighted by molar-refractivity contribution is 6.04. The minimum Gasteiger partial charge on any atom is -0.495 e. The minimum atomic E-state index is -1.05. The summed E-state index contributed by atoms with van der Waals surface area (Å²) >= 11 is 0. The molecular weight excluding hydrogens is 210 g/mol. The van der Waals surface area contributed by atoms with E-state index in [0.717, 1.165) is 0 Å². The van der Waals surface area contributed by atoms with Gasteiger partial charge in [0.2, 0.25) is 5.91 Å². The Morgan fingerprint density at radius 3 is 2.75 bits per heavy atom. The number of anilines is 1. The van der Waals surface area contributed by atoms with Crippen molar-refractivity contribution in [2.75, 3.05) is 19.1 Å². The third kappa shape index (κ3) is 1.32. The van der Waals surface area contributed by atoms with Crippen molar-refractivity contribution in [2.45, 2.75) is 6.42 Å². The lowest BCUT2D eigenvalue weighted by atomic mass is 10.1. The van der Waals surface area contributed by atoms with Gasteiger partial charge >= 0.3 is 5.97 Å². The fourth-order valence-electron chi connectivity index (χ4n) is 1.91. The molecule has 0 saturated carbocycles. The highest BCUT2D eigenvalue weighted by Crippen LogP contribution is 2.37. The number of carbonyl (C=O) groups is 2. The maximum atomic E-state index is 11.5. The number of carbonyl (C=O) groups excluding carboxylic acids is 1. The number of benzene rings is 1. The molecule has 0 aromatic heterocycles. The average Bonchev–Trinajstić information content (AvgIpc) is 2.54. The van der Waals surface area contributed by atoms with E-state index in [0.29, 0.717) is 11.3 Å². The average molecular weight is 221 g/mol. The van der Waals surface area contributed by atoms with Gasteiger partial charge in [0.1, 0.15) is 11.3 Å². The number of rotatable bonds is 2. The first kappa shape index (κ1) is 10.5. The zero-order chi connectivity index (χ0) is 11.9. The molecule has 1 N–H and O–H groups in total. The standard InChI is InChI=1S/C11H11NO4/c1-12-8-4-3-6(11(14)15)10(16-2)7(8)5-9(12)13/h3-4H,5H2,1-2H3,(H,14,15). The van der Waals surface area contributed by atoms with Crippen molar-refractivity contribution in [3.05, 3.63) is 23.3 Å². The van der Waals surface area contributed by atoms with Crippen LogP contribution in [0, 0.1) is 0 Å². The van der Waals surface area contributed by atoms with Crippen LogP contribution in [-0.4, -0.2) is 31.1 Å². The third-order valence-electron chi connectivity index (χ3n) is 2.73. The van der Waals surface area contributed by atoms with Crippen molar-refractivity contribution in [1.82, 2.24) is 0 Å². The lowest BCUT2D eigenvalue weighted by Gasteiger charge is -2.12. The van der Waals surface area contributed by atoms with E-state index in [9.17, 15) is 9.59 Å². The van der Waals surface area contributed by atoms with Crippen molar-refractivity contribution >= 4 is 17.6 Å². The van der Waals surface area contributed by atoms with Crippen LogP contribution in [0.2, 0.25) is 0 Å². The number of ether oxygens (including phenoxy) is 1. The van der Waals surface area contributed by atoms with Crippen molar-refractivity contribution in [3.8, 4) is 5.75 Å². The fraction of sp³-hybridized carbons (Fsp3) is 0.273. The van der Waals surface area contributed by atoms with Crippen LogP contribution in [-0.2, 0) is 11.2 Å². The molecule has 0 radical (unpaired) electrons. The van der Waals surface area contributed by atoms with Crippen LogP contribution in [0.25, 0.3) is 0 Å². The number of methoxy groups -OCH3 is 1. The topological polar surface area (TPSA) is 66.8 Å². The largest absolute Gasteiger partial charge is 0.495 e. The van der Waals surface area contributed by atoms with Gasteiger partial charge in [0.25, 0.3) is 0 Å². The molecule has 2 rings (SSSR count). The smallest absolute Gasteiger partial charge is 0.339 e. The maximum absolute atomic E-state index is 11.5. The summed E-state index contributed by atoms with van der Waals surface area (Å²) in [5.41, 5.74) is 1.45. The number of hydrogen-bond acceptors (Lipinski definition) is 3. The lowest BCUT2D eigenvalue weighted by Crippen LogP contribution is -2.20. The molecule has 0 aliphatic carbocycles. The van der Waals surface area contributed by atoms with Crippen LogP contribution in [0.15, 0.2) is 12.1 Å². The van der Waals surface area contributed by atoms with Gasteiger partial charge in [-0.3, -0.25) is 4.79 Å². The molecule has 1 aromatic rings. The van der Waals surface area contributed by atoms with Crippen molar-refractivity contribution < 1.29 is 19.4 Å². The van der Waals surface area contributed by atoms with E-state index in [1.54, 1.807) is 13.1 Å². The Bertz CT molecular complexity index is 481. The number of aromatic carboxylic acids is 1. The van der Waals surface area contributed by atoms with Gasteiger partial charge in [-0.2, -0.15) is 0 Å². The summed E-state index contributed by atoms with van der Waals surface area (Å²) in [6.45, 7) is 0. The summed E-state index contributed by atoms with van der Waals surface area (Å²) in [6.07, 6.45) is 0.191. The molecule has 1 aliphatic rings. The zero-order valence-electron chi connectivity index (χ0n) is 8.98. The number of likely N-dealkylation sites (N-methyl/N-ethyl adjacent to an activating group) is 1. The molecule has 0 saturated heterocycles. The van der Waals surface area contributed by atoms with E-state index in [1.807, 2.05) is 0 Å². The molecule has 0 bridgehead atoms. The van der Waals surface area contributed by atoms with E-state index < -0.39 is 5.97 Å². The molecule has 1 aliphatic heterocycles. The van der Waals surface area contributed by atoms with E-state index in [1.165, 1.54) is 18.1 Å². The Morgan fingerprint density at radius 1 is 1.50 bits per heavy atom. The first-order valence-corrected chi connectivity index (χ1v) is 4.76. The molecule has 84 valence electrons. The summed E-state index contributed by atoms with van der Waals surface area (Å²) in [7, 11) is 3.07. The van der Waals surface area contributed by atoms with E-state index >= 15 is 0 Å². The van der Waals surface area contributed by atoms with Gasteiger partial charge < -0.3 is 14.7 Å². The summed E-state index contributed by atoms with van der Waals surface area (Å²) in [6, 6.07) is 3.08. The van der Waals surface area contributed by atoms with Crippen molar-refractivity contribution in [2.24, 2.45) is 0 Å². The number of hydrogen-bond donors (Lipinski definition) is 1. The molecule has 1 aromatic carbocycles. The molecule has 0 atom stereocenters. The van der Waals surface area contributed by atoms with Crippen LogP contribution in [0.4, 0.5) is 5.69 Å². The van der Waals surface area contributed by atoms with Gasteiger partial charge in [0.05, 0.1) is 19.2 Å². The quantitative estimate of drug-likeness (QED) is 0.806. The van der Waals surface area contributed by atoms with Crippen LogP contribution in [0.1, 0.15) is 15.9 Å². The van der Waals surface area contributed by atoms with Crippen LogP contribution < -0.4 is 9.64 Å². The predicted octanol–water partition coefficient (Wildman–Crippen LogP) is 0.912. The molecule has 0 unspecified atom stereocenters. The summed E-state index contributed by atoms with van der Waals surface area (Å²) in [4.78, 5) is 24.0. The summed E-state index contributed by atoms with van der Waals surface area (Å²) in [5, 5.41) is 8.98. The van der Waals surface area contributed by atoms with Crippen LogP contribution in [0.3, 0.4) is 0 Å². The minimum absolute atomic E-state index is 0.0594. The van der Waals surface area contributed by atoms with E-state index in [4.69, 9.17) is 9.84 Å². The lowest BCUT2D eigenvalue weighted by molar-refractivity contribution is -0.117. The number of amides is 1. The van der Waals surface area contributed by atoms with Crippen LogP contribution in [0.5, 0.6) is 5.75 Å². The van der Waals surface area contributed by atoms with Gasteiger partial charge in [-0.15, -0.1) is 0 Å². The van der Waals surface area contributed by atoms with E-state index in [-0.39, 0.29) is 23.6 Å². The second kappa shape index (κ2) is 3.52. The summed E-state index contributed by atoms with van der Waals surface area (Å²) < 4.78 is 5.09. The Balaban J connectivity index is 2.64. The van der Waals surface area contributed by atoms with Gasteiger partial charge in [-0.05, 0) is 12.1 Å². The van der Waals surface area contributed by atoms with Crippen LogP contribution >= 0.6 is 0 Å². The Hall–Kier alpha value is -2.04. The second-order valence-electron chi connectivity index (χ2n) is 3.58. The normalized spacial score (nSPS) is 13.9. The molecule has 5 nitrogen and oxygen atoms in total. The molecule has 5 heteroatoms. The molecule has 0 fully saturated rings. The number of nitrogens with zero attached hydrogens (tertiary/aromatic N) is 1.